The quantitative estimate of drug-likeness (QED) is 0.643. The minimum Gasteiger partial charge on any atom is -0.350 e. The number of aromatic nitrogens is 3. The second-order valence-corrected chi connectivity index (χ2v) is 6.71. The van der Waals surface area contributed by atoms with E-state index in [0.717, 1.165) is 17.0 Å². The molecule has 26 heavy (non-hydrogen) atoms. The van der Waals surface area contributed by atoms with E-state index in [4.69, 9.17) is 12.2 Å². The molecule has 5 nitrogen and oxygen atoms in total. The Hall–Kier alpha value is -2.73. The lowest BCUT2D eigenvalue weighted by atomic mass is 10.1. The molecule has 2 N–H and O–H groups in total. The van der Waals surface area contributed by atoms with Crippen molar-refractivity contribution in [2.45, 2.75) is 32.9 Å². The first-order chi connectivity index (χ1) is 12.5. The van der Waals surface area contributed by atoms with Crippen molar-refractivity contribution >= 4 is 18.1 Å². The summed E-state index contributed by atoms with van der Waals surface area (Å²) in [6, 6.07) is 18.0. The molecule has 1 atom stereocenters. The van der Waals surface area contributed by atoms with Crippen LogP contribution in [-0.2, 0) is 11.3 Å². The third kappa shape index (κ3) is 4.26. The van der Waals surface area contributed by atoms with Gasteiger partial charge in [0, 0.05) is 18.5 Å². The van der Waals surface area contributed by atoms with Crippen molar-refractivity contribution in [3.63, 3.8) is 0 Å². The van der Waals surface area contributed by atoms with Crippen molar-refractivity contribution in [2.75, 3.05) is 0 Å². The van der Waals surface area contributed by atoms with E-state index < -0.39 is 0 Å². The Kier molecular flexibility index (Phi) is 5.63. The highest BCUT2D eigenvalue weighted by Gasteiger charge is 2.12. The summed E-state index contributed by atoms with van der Waals surface area (Å²) in [6.45, 7) is 4.50. The van der Waals surface area contributed by atoms with E-state index in [1.54, 1.807) is 0 Å². The summed E-state index contributed by atoms with van der Waals surface area (Å²) in [7, 11) is 0. The zero-order valence-electron chi connectivity index (χ0n) is 14.9. The standard InChI is InChI=1S/C20H22N4OS/c1-14-8-10-17(11-9-14)19-22-23-20(26)24(19)13-12-18(25)21-15(2)16-6-4-3-5-7-16/h3-11,15H,12-13H2,1-2H3,(H,21,25)(H,23,26). The first-order valence-corrected chi connectivity index (χ1v) is 9.02. The van der Waals surface area contributed by atoms with Gasteiger partial charge in [0.2, 0.25) is 5.91 Å². The molecule has 0 fully saturated rings. The first-order valence-electron chi connectivity index (χ1n) is 8.61. The fraction of sp³-hybridized carbons (Fsp3) is 0.250. The maximum absolute atomic E-state index is 12.3. The fourth-order valence-electron chi connectivity index (χ4n) is 2.80. The number of hydrogen-bond acceptors (Lipinski definition) is 3. The third-order valence-electron chi connectivity index (χ3n) is 4.31. The Morgan fingerprint density at radius 2 is 1.88 bits per heavy atom. The zero-order chi connectivity index (χ0) is 18.5. The average molecular weight is 366 g/mol. The minimum atomic E-state index is -0.0300. The molecule has 1 heterocycles. The van der Waals surface area contributed by atoms with Gasteiger partial charge >= 0.3 is 0 Å². The zero-order valence-corrected chi connectivity index (χ0v) is 15.7. The van der Waals surface area contributed by atoms with Crippen LogP contribution in [0, 0.1) is 11.7 Å². The number of hydrogen-bond donors (Lipinski definition) is 2. The summed E-state index contributed by atoms with van der Waals surface area (Å²) in [5.74, 6) is 0.734. The SMILES string of the molecule is Cc1ccc(-c2n[nH]c(=S)n2CCC(=O)NC(C)c2ccccc2)cc1. The summed E-state index contributed by atoms with van der Waals surface area (Å²) in [4.78, 5) is 12.3. The summed E-state index contributed by atoms with van der Waals surface area (Å²) < 4.78 is 2.39. The molecule has 1 aromatic heterocycles. The van der Waals surface area contributed by atoms with Crippen LogP contribution in [0.25, 0.3) is 11.4 Å². The lowest BCUT2D eigenvalue weighted by Crippen LogP contribution is -2.27. The predicted octanol–water partition coefficient (Wildman–Crippen LogP) is 4.18. The number of amides is 1. The van der Waals surface area contributed by atoms with Crippen molar-refractivity contribution in [2.24, 2.45) is 0 Å². The van der Waals surface area contributed by atoms with E-state index >= 15 is 0 Å². The van der Waals surface area contributed by atoms with E-state index in [-0.39, 0.29) is 11.9 Å². The van der Waals surface area contributed by atoms with Gasteiger partial charge in [0.1, 0.15) is 0 Å². The summed E-state index contributed by atoms with van der Waals surface area (Å²) in [5, 5.41) is 10.2. The number of carbonyl (C=O) groups is 1. The number of carbonyl (C=O) groups excluding carboxylic acids is 1. The Balaban J connectivity index is 1.66. The summed E-state index contributed by atoms with van der Waals surface area (Å²) in [6.07, 6.45) is 0.337. The highest BCUT2D eigenvalue weighted by molar-refractivity contribution is 7.71. The van der Waals surface area contributed by atoms with Crippen molar-refractivity contribution in [1.29, 1.82) is 0 Å². The summed E-state index contributed by atoms with van der Waals surface area (Å²) >= 11 is 5.33. The van der Waals surface area contributed by atoms with E-state index in [1.165, 1.54) is 5.56 Å². The second-order valence-electron chi connectivity index (χ2n) is 6.32. The Bertz CT molecular complexity index is 928. The van der Waals surface area contributed by atoms with E-state index in [0.29, 0.717) is 17.7 Å². The number of nitrogens with zero attached hydrogens (tertiary/aromatic N) is 2. The van der Waals surface area contributed by atoms with Gasteiger partial charge in [0.05, 0.1) is 6.04 Å². The minimum absolute atomic E-state index is 0.0145. The topological polar surface area (TPSA) is 62.7 Å². The van der Waals surface area contributed by atoms with Crippen molar-refractivity contribution in [3.05, 3.63) is 70.5 Å². The van der Waals surface area contributed by atoms with Gasteiger partial charge < -0.3 is 5.32 Å². The molecular weight excluding hydrogens is 344 g/mol. The number of nitrogens with one attached hydrogen (secondary N) is 2. The molecule has 1 unspecified atom stereocenters. The number of benzene rings is 2. The predicted molar refractivity (Wildman–Crippen MR) is 105 cm³/mol. The third-order valence-corrected chi connectivity index (χ3v) is 4.62. The van der Waals surface area contributed by atoms with Gasteiger partial charge in [-0.3, -0.25) is 14.5 Å². The number of rotatable bonds is 6. The van der Waals surface area contributed by atoms with E-state index in [9.17, 15) is 4.79 Å². The van der Waals surface area contributed by atoms with Crippen LogP contribution in [0.15, 0.2) is 54.6 Å². The van der Waals surface area contributed by atoms with Crippen LogP contribution in [0.3, 0.4) is 0 Å². The first kappa shape index (κ1) is 18.1. The molecule has 0 bridgehead atoms. The van der Waals surface area contributed by atoms with Gasteiger partial charge in [-0.25, -0.2) is 0 Å². The van der Waals surface area contributed by atoms with Gasteiger partial charge in [-0.15, -0.1) is 0 Å². The van der Waals surface area contributed by atoms with Gasteiger partial charge in [0.25, 0.3) is 0 Å². The van der Waals surface area contributed by atoms with Crippen LogP contribution in [-0.4, -0.2) is 20.7 Å². The number of aromatic amines is 1. The lowest BCUT2D eigenvalue weighted by molar-refractivity contribution is -0.121. The summed E-state index contributed by atoms with van der Waals surface area (Å²) in [5.41, 5.74) is 3.24. The average Bonchev–Trinajstić information content (AvgIpc) is 3.02. The molecule has 0 aliphatic carbocycles. The van der Waals surface area contributed by atoms with Crippen LogP contribution >= 0.6 is 12.2 Å². The Labute approximate surface area is 158 Å². The molecule has 0 spiro atoms. The van der Waals surface area contributed by atoms with Crippen LogP contribution < -0.4 is 5.32 Å². The monoisotopic (exact) mass is 366 g/mol. The number of aryl methyl sites for hydroxylation is 1. The molecule has 3 aromatic rings. The maximum atomic E-state index is 12.3. The molecule has 134 valence electrons. The van der Waals surface area contributed by atoms with Crippen molar-refractivity contribution < 1.29 is 4.79 Å². The molecule has 6 heteroatoms. The maximum Gasteiger partial charge on any atom is 0.222 e. The second kappa shape index (κ2) is 8.10. The molecular formula is C20H22N4OS. The Morgan fingerprint density at radius 3 is 2.58 bits per heavy atom. The normalized spacial score (nSPS) is 11.9. The molecule has 0 aliphatic heterocycles. The van der Waals surface area contributed by atoms with Gasteiger partial charge in [-0.1, -0.05) is 60.2 Å². The fourth-order valence-corrected chi connectivity index (χ4v) is 3.02. The van der Waals surface area contributed by atoms with E-state index in [2.05, 4.69) is 15.5 Å². The largest absolute Gasteiger partial charge is 0.350 e. The highest BCUT2D eigenvalue weighted by Crippen LogP contribution is 2.18. The van der Waals surface area contributed by atoms with Crippen LogP contribution in [0.4, 0.5) is 0 Å². The molecule has 2 aromatic carbocycles. The Morgan fingerprint density at radius 1 is 1.19 bits per heavy atom. The van der Waals surface area contributed by atoms with Crippen LogP contribution in [0.1, 0.15) is 30.5 Å². The van der Waals surface area contributed by atoms with Crippen LogP contribution in [0.2, 0.25) is 0 Å². The highest BCUT2D eigenvalue weighted by atomic mass is 32.1. The molecule has 3 rings (SSSR count). The van der Waals surface area contributed by atoms with Crippen LogP contribution in [0.5, 0.6) is 0 Å². The molecule has 0 saturated carbocycles. The smallest absolute Gasteiger partial charge is 0.222 e. The molecule has 0 saturated heterocycles. The lowest BCUT2D eigenvalue weighted by Gasteiger charge is -2.14. The van der Waals surface area contributed by atoms with Gasteiger partial charge in [-0.05, 0) is 31.6 Å². The molecule has 0 aliphatic rings. The number of H-pyrrole nitrogens is 1. The van der Waals surface area contributed by atoms with Crippen molar-refractivity contribution in [3.8, 4) is 11.4 Å². The van der Waals surface area contributed by atoms with Crippen molar-refractivity contribution in [1.82, 2.24) is 20.1 Å². The van der Waals surface area contributed by atoms with Gasteiger partial charge in [-0.2, -0.15) is 5.10 Å². The van der Waals surface area contributed by atoms with Gasteiger partial charge in [0.15, 0.2) is 10.6 Å². The van der Waals surface area contributed by atoms with E-state index in [1.807, 2.05) is 73.0 Å². The molecule has 1 amide bonds. The molecule has 0 radical (unpaired) electrons.